The Balaban J connectivity index is 2.34. The van der Waals surface area contributed by atoms with Gasteiger partial charge in [0, 0.05) is 12.3 Å². The molecule has 6 heteroatoms. The molecule has 1 aromatic heterocycles. The molecule has 1 aliphatic heterocycles. The molecule has 0 radical (unpaired) electrons. The van der Waals surface area contributed by atoms with Crippen LogP contribution < -0.4 is 0 Å². The van der Waals surface area contributed by atoms with Crippen LogP contribution in [0.15, 0.2) is 6.07 Å². The first kappa shape index (κ1) is 13.4. The zero-order chi connectivity index (χ0) is 13.3. The quantitative estimate of drug-likeness (QED) is 0.812. The Hall–Kier alpha value is -1.04. The molecule has 0 spiro atoms. The van der Waals surface area contributed by atoms with Crippen LogP contribution in [-0.2, 0) is 10.9 Å². The van der Waals surface area contributed by atoms with Gasteiger partial charge in [-0.25, -0.2) is 4.68 Å². The fourth-order valence-electron chi connectivity index (χ4n) is 2.13. The van der Waals surface area contributed by atoms with Gasteiger partial charge in [-0.1, -0.05) is 13.8 Å². The zero-order valence-corrected chi connectivity index (χ0v) is 10.5. The molecule has 1 unspecified atom stereocenters. The molecular formula is C12H17F3N2O. The van der Waals surface area contributed by atoms with Crippen LogP contribution in [0, 0.1) is 0 Å². The molecule has 2 heterocycles. The van der Waals surface area contributed by atoms with E-state index in [0.717, 1.165) is 25.3 Å². The summed E-state index contributed by atoms with van der Waals surface area (Å²) < 4.78 is 45.0. The highest BCUT2D eigenvalue weighted by Gasteiger charge is 2.36. The molecule has 0 bridgehead atoms. The summed E-state index contributed by atoms with van der Waals surface area (Å²) >= 11 is 0. The van der Waals surface area contributed by atoms with Crippen molar-refractivity contribution in [3.05, 3.63) is 17.5 Å². The summed E-state index contributed by atoms with van der Waals surface area (Å²) in [6.07, 6.45) is -2.11. The Morgan fingerprint density at radius 2 is 2.11 bits per heavy atom. The summed E-state index contributed by atoms with van der Waals surface area (Å²) in [6.45, 7) is 4.30. The van der Waals surface area contributed by atoms with Gasteiger partial charge >= 0.3 is 6.18 Å². The standard InChI is InChI=1S/C12H17F3N2O/c1-8(2)9-7-10(12(13,14)15)16-17(9)11-5-3-4-6-18-11/h7-8,11H,3-6H2,1-2H3. The molecule has 18 heavy (non-hydrogen) atoms. The number of ether oxygens (including phenoxy) is 1. The van der Waals surface area contributed by atoms with Crippen LogP contribution in [0.1, 0.15) is 56.6 Å². The van der Waals surface area contributed by atoms with Crippen molar-refractivity contribution in [3.8, 4) is 0 Å². The average molecular weight is 262 g/mol. The fourth-order valence-corrected chi connectivity index (χ4v) is 2.13. The van der Waals surface area contributed by atoms with Gasteiger partial charge in [-0.15, -0.1) is 0 Å². The Bertz CT molecular complexity index is 406. The summed E-state index contributed by atoms with van der Waals surface area (Å²) in [5.74, 6) is -0.0147. The summed E-state index contributed by atoms with van der Waals surface area (Å²) in [5, 5.41) is 3.69. The number of nitrogens with zero attached hydrogens (tertiary/aromatic N) is 2. The van der Waals surface area contributed by atoms with Crippen molar-refractivity contribution in [2.75, 3.05) is 6.61 Å². The van der Waals surface area contributed by atoms with Crippen molar-refractivity contribution in [2.45, 2.75) is 51.4 Å². The van der Waals surface area contributed by atoms with Gasteiger partial charge < -0.3 is 4.74 Å². The van der Waals surface area contributed by atoms with E-state index in [1.54, 1.807) is 0 Å². The van der Waals surface area contributed by atoms with Crippen molar-refractivity contribution in [1.82, 2.24) is 9.78 Å². The van der Waals surface area contributed by atoms with E-state index in [2.05, 4.69) is 5.10 Å². The molecule has 0 aliphatic carbocycles. The number of rotatable bonds is 2. The van der Waals surface area contributed by atoms with Crippen LogP contribution in [0.5, 0.6) is 0 Å². The normalized spacial score (nSPS) is 21.6. The fraction of sp³-hybridized carbons (Fsp3) is 0.750. The van der Waals surface area contributed by atoms with E-state index in [1.807, 2.05) is 13.8 Å². The lowest BCUT2D eigenvalue weighted by Gasteiger charge is -2.25. The molecule has 2 rings (SSSR count). The molecule has 1 aromatic rings. The molecule has 1 saturated heterocycles. The predicted octanol–water partition coefficient (Wildman–Crippen LogP) is 3.72. The largest absolute Gasteiger partial charge is 0.435 e. The molecular weight excluding hydrogens is 245 g/mol. The van der Waals surface area contributed by atoms with E-state index < -0.39 is 11.9 Å². The first-order valence-electron chi connectivity index (χ1n) is 6.18. The van der Waals surface area contributed by atoms with E-state index in [4.69, 9.17) is 4.74 Å². The van der Waals surface area contributed by atoms with Gasteiger partial charge in [0.25, 0.3) is 0 Å². The minimum atomic E-state index is -4.40. The summed E-state index contributed by atoms with van der Waals surface area (Å²) in [4.78, 5) is 0. The van der Waals surface area contributed by atoms with Crippen molar-refractivity contribution in [2.24, 2.45) is 0 Å². The lowest BCUT2D eigenvalue weighted by molar-refractivity contribution is -0.142. The Morgan fingerprint density at radius 3 is 2.61 bits per heavy atom. The van der Waals surface area contributed by atoms with Crippen LogP contribution in [-0.4, -0.2) is 16.4 Å². The lowest BCUT2D eigenvalue weighted by atomic mass is 10.1. The maximum Gasteiger partial charge on any atom is 0.435 e. The second kappa shape index (κ2) is 4.91. The second-order valence-electron chi connectivity index (χ2n) is 4.87. The minimum Gasteiger partial charge on any atom is -0.357 e. The number of halogens is 3. The highest BCUT2D eigenvalue weighted by molar-refractivity contribution is 5.16. The van der Waals surface area contributed by atoms with E-state index in [1.165, 1.54) is 4.68 Å². The molecule has 1 aliphatic rings. The van der Waals surface area contributed by atoms with Gasteiger partial charge in [0.05, 0.1) is 0 Å². The smallest absolute Gasteiger partial charge is 0.357 e. The van der Waals surface area contributed by atoms with Crippen molar-refractivity contribution < 1.29 is 17.9 Å². The molecule has 1 fully saturated rings. The topological polar surface area (TPSA) is 27.1 Å². The summed E-state index contributed by atoms with van der Waals surface area (Å²) in [7, 11) is 0. The Kier molecular flexibility index (Phi) is 3.66. The van der Waals surface area contributed by atoms with Gasteiger partial charge in [0.1, 0.15) is 6.23 Å². The molecule has 0 N–H and O–H groups in total. The lowest BCUT2D eigenvalue weighted by Crippen LogP contribution is -2.22. The SMILES string of the molecule is CC(C)c1cc(C(F)(F)F)nn1C1CCCCO1. The summed E-state index contributed by atoms with van der Waals surface area (Å²) in [5.41, 5.74) is -0.255. The van der Waals surface area contributed by atoms with Crippen LogP contribution >= 0.6 is 0 Å². The monoisotopic (exact) mass is 262 g/mol. The highest BCUT2D eigenvalue weighted by Crippen LogP contribution is 2.33. The molecule has 0 aromatic carbocycles. The van der Waals surface area contributed by atoms with Crippen LogP contribution in [0.3, 0.4) is 0 Å². The van der Waals surface area contributed by atoms with E-state index in [0.29, 0.717) is 12.3 Å². The van der Waals surface area contributed by atoms with Crippen molar-refractivity contribution in [1.29, 1.82) is 0 Å². The van der Waals surface area contributed by atoms with Crippen LogP contribution in [0.4, 0.5) is 13.2 Å². The first-order chi connectivity index (χ1) is 8.39. The van der Waals surface area contributed by atoms with Gasteiger partial charge in [-0.2, -0.15) is 18.3 Å². The number of aromatic nitrogens is 2. The van der Waals surface area contributed by atoms with Gasteiger partial charge in [0.15, 0.2) is 5.69 Å². The van der Waals surface area contributed by atoms with Crippen molar-refractivity contribution in [3.63, 3.8) is 0 Å². The number of alkyl halides is 3. The van der Waals surface area contributed by atoms with Gasteiger partial charge in [-0.3, -0.25) is 0 Å². The Morgan fingerprint density at radius 1 is 1.39 bits per heavy atom. The van der Waals surface area contributed by atoms with Crippen LogP contribution in [0.25, 0.3) is 0 Å². The highest BCUT2D eigenvalue weighted by atomic mass is 19.4. The van der Waals surface area contributed by atoms with E-state index in [-0.39, 0.29) is 12.1 Å². The predicted molar refractivity (Wildman–Crippen MR) is 60.2 cm³/mol. The molecule has 0 saturated carbocycles. The summed E-state index contributed by atoms with van der Waals surface area (Å²) in [6, 6.07) is 1.13. The first-order valence-corrected chi connectivity index (χ1v) is 6.18. The van der Waals surface area contributed by atoms with Crippen molar-refractivity contribution >= 4 is 0 Å². The van der Waals surface area contributed by atoms with E-state index >= 15 is 0 Å². The maximum atomic E-state index is 12.7. The van der Waals surface area contributed by atoms with E-state index in [9.17, 15) is 13.2 Å². The average Bonchev–Trinajstić information content (AvgIpc) is 2.74. The van der Waals surface area contributed by atoms with Gasteiger partial charge in [0.2, 0.25) is 0 Å². The van der Waals surface area contributed by atoms with Gasteiger partial charge in [-0.05, 0) is 31.2 Å². The third-order valence-corrected chi connectivity index (χ3v) is 3.08. The molecule has 0 amide bonds. The Labute approximate surface area is 104 Å². The molecule has 102 valence electrons. The second-order valence-corrected chi connectivity index (χ2v) is 4.87. The minimum absolute atomic E-state index is 0.0147. The third-order valence-electron chi connectivity index (χ3n) is 3.08. The zero-order valence-electron chi connectivity index (χ0n) is 10.5. The number of hydrogen-bond donors (Lipinski definition) is 0. The van der Waals surface area contributed by atoms with Crippen LogP contribution in [0.2, 0.25) is 0 Å². The molecule has 1 atom stereocenters. The molecule has 3 nitrogen and oxygen atoms in total. The number of hydrogen-bond acceptors (Lipinski definition) is 2. The third kappa shape index (κ3) is 2.68. The maximum absolute atomic E-state index is 12.7.